The van der Waals surface area contributed by atoms with Gasteiger partial charge in [-0.1, -0.05) is 38.1 Å². The number of quaternary nitrogens is 1. The van der Waals surface area contributed by atoms with Crippen molar-refractivity contribution in [2.75, 3.05) is 6.67 Å². The molecule has 2 aliphatic rings. The zero-order valence-corrected chi connectivity index (χ0v) is 16.6. The Kier molecular flexibility index (Phi) is 4.92. The van der Waals surface area contributed by atoms with Crippen molar-refractivity contribution in [3.63, 3.8) is 0 Å². The van der Waals surface area contributed by atoms with E-state index in [0.29, 0.717) is 12.0 Å². The molecule has 29 heavy (non-hydrogen) atoms. The quantitative estimate of drug-likeness (QED) is 0.444. The molecule has 0 saturated heterocycles. The molecule has 0 spiro atoms. The monoisotopic (exact) mass is 394 g/mol. The standard InChI is InChI=1S/C22H23N3O4/c1-14(2)16-5-3-15(4-6-16)12-23(17-7-8-17)13-24-21(26)19-10-9-18(25(28)29)11-20(19)22(24)27/h3-6,9-11,14,17H,7-8,12-13H2,1-2H3/p+1. The predicted molar refractivity (Wildman–Crippen MR) is 107 cm³/mol. The zero-order chi connectivity index (χ0) is 20.7. The summed E-state index contributed by atoms with van der Waals surface area (Å²) in [5.41, 5.74) is 2.65. The third kappa shape index (κ3) is 3.78. The number of non-ortho nitro benzene ring substituents is 1. The Morgan fingerprint density at radius 3 is 2.31 bits per heavy atom. The van der Waals surface area contributed by atoms with Crippen LogP contribution in [0.5, 0.6) is 0 Å². The van der Waals surface area contributed by atoms with E-state index in [1.54, 1.807) is 0 Å². The molecule has 150 valence electrons. The number of carbonyl (C=O) groups excluding carboxylic acids is 2. The Morgan fingerprint density at radius 1 is 1.07 bits per heavy atom. The number of hydrogen-bond donors (Lipinski definition) is 1. The molecule has 0 bridgehead atoms. The number of amides is 2. The van der Waals surface area contributed by atoms with Gasteiger partial charge in [-0.15, -0.1) is 0 Å². The van der Waals surface area contributed by atoms with Crippen molar-refractivity contribution in [1.29, 1.82) is 0 Å². The van der Waals surface area contributed by atoms with E-state index in [0.717, 1.165) is 19.4 Å². The van der Waals surface area contributed by atoms with Crippen LogP contribution in [0.4, 0.5) is 5.69 Å². The predicted octanol–water partition coefficient (Wildman–Crippen LogP) is 2.52. The van der Waals surface area contributed by atoms with Crippen LogP contribution in [0, 0.1) is 10.1 Å². The fourth-order valence-corrected chi connectivity index (χ4v) is 3.84. The summed E-state index contributed by atoms with van der Waals surface area (Å²) in [6.07, 6.45) is 2.15. The van der Waals surface area contributed by atoms with E-state index < -0.39 is 10.8 Å². The number of fused-ring (bicyclic) bond motifs is 1. The Bertz CT molecular complexity index is 980. The fraction of sp³-hybridized carbons (Fsp3) is 0.364. The molecule has 1 atom stereocenters. The summed E-state index contributed by atoms with van der Waals surface area (Å²) < 4.78 is 0. The second-order valence-corrected chi connectivity index (χ2v) is 8.19. The number of hydrogen-bond acceptors (Lipinski definition) is 4. The third-order valence-electron chi connectivity index (χ3n) is 5.76. The van der Waals surface area contributed by atoms with E-state index in [9.17, 15) is 19.7 Å². The Balaban J connectivity index is 1.52. The highest BCUT2D eigenvalue weighted by molar-refractivity contribution is 6.21. The number of imide groups is 1. The summed E-state index contributed by atoms with van der Waals surface area (Å²) in [5, 5.41) is 11.0. The third-order valence-corrected chi connectivity index (χ3v) is 5.76. The molecule has 1 heterocycles. The van der Waals surface area contributed by atoms with Crippen LogP contribution in [0.1, 0.15) is 64.4 Å². The molecular weight excluding hydrogens is 370 g/mol. The number of nitrogens with zero attached hydrogens (tertiary/aromatic N) is 2. The lowest BCUT2D eigenvalue weighted by atomic mass is 10.0. The molecule has 0 radical (unpaired) electrons. The fourth-order valence-electron chi connectivity index (χ4n) is 3.84. The molecule has 1 saturated carbocycles. The number of rotatable bonds is 7. The normalized spacial score (nSPS) is 17.0. The van der Waals surface area contributed by atoms with Crippen LogP contribution in [0.25, 0.3) is 0 Å². The van der Waals surface area contributed by atoms with Crippen molar-refractivity contribution in [1.82, 2.24) is 4.90 Å². The van der Waals surface area contributed by atoms with Crippen molar-refractivity contribution in [2.45, 2.75) is 45.2 Å². The van der Waals surface area contributed by atoms with Gasteiger partial charge in [-0.25, -0.2) is 4.90 Å². The minimum atomic E-state index is -0.552. The summed E-state index contributed by atoms with van der Waals surface area (Å²) in [4.78, 5) is 38.4. The van der Waals surface area contributed by atoms with Crippen molar-refractivity contribution in [3.8, 4) is 0 Å². The first kappa shape index (κ1) is 19.3. The molecule has 1 fully saturated rings. The van der Waals surface area contributed by atoms with E-state index in [2.05, 4.69) is 38.1 Å². The van der Waals surface area contributed by atoms with Gasteiger partial charge in [0.1, 0.15) is 6.54 Å². The van der Waals surface area contributed by atoms with E-state index >= 15 is 0 Å². The molecule has 7 heteroatoms. The summed E-state index contributed by atoms with van der Waals surface area (Å²) >= 11 is 0. The first-order valence-corrected chi connectivity index (χ1v) is 9.93. The molecule has 2 aromatic rings. The van der Waals surface area contributed by atoms with Crippen LogP contribution in [-0.4, -0.2) is 34.3 Å². The number of benzene rings is 2. The van der Waals surface area contributed by atoms with E-state index in [1.165, 1.54) is 39.1 Å². The highest BCUT2D eigenvalue weighted by Gasteiger charge is 2.42. The average Bonchev–Trinajstić information content (AvgIpc) is 3.52. The summed E-state index contributed by atoms with van der Waals surface area (Å²) in [5.74, 6) is -0.339. The first-order valence-electron chi connectivity index (χ1n) is 9.93. The van der Waals surface area contributed by atoms with Gasteiger partial charge in [0.2, 0.25) is 0 Å². The molecule has 2 aromatic carbocycles. The topological polar surface area (TPSA) is 85.0 Å². The number of carbonyl (C=O) groups is 2. The van der Waals surface area contributed by atoms with Crippen molar-refractivity contribution >= 4 is 17.5 Å². The van der Waals surface area contributed by atoms with E-state index in [1.807, 2.05) is 0 Å². The minimum Gasteiger partial charge on any atom is -0.311 e. The molecule has 7 nitrogen and oxygen atoms in total. The van der Waals surface area contributed by atoms with Crippen LogP contribution >= 0.6 is 0 Å². The lowest BCUT2D eigenvalue weighted by molar-refractivity contribution is -0.931. The van der Waals surface area contributed by atoms with Crippen LogP contribution in [0.15, 0.2) is 42.5 Å². The summed E-state index contributed by atoms with van der Waals surface area (Å²) in [7, 11) is 0. The van der Waals surface area contributed by atoms with Gasteiger partial charge in [-0.2, -0.15) is 0 Å². The van der Waals surface area contributed by atoms with Crippen molar-refractivity contribution in [2.24, 2.45) is 0 Å². The number of nitro benzene ring substituents is 1. The van der Waals surface area contributed by atoms with Gasteiger partial charge in [0.05, 0.1) is 22.1 Å². The summed E-state index contributed by atoms with van der Waals surface area (Å²) in [6, 6.07) is 12.8. The Morgan fingerprint density at radius 2 is 1.72 bits per heavy atom. The molecule has 1 aliphatic heterocycles. The van der Waals surface area contributed by atoms with Crippen molar-refractivity contribution < 1.29 is 19.4 Å². The van der Waals surface area contributed by atoms with Gasteiger partial charge < -0.3 is 4.90 Å². The van der Waals surface area contributed by atoms with Gasteiger partial charge in [-0.05, 0) is 17.5 Å². The molecule has 0 aromatic heterocycles. The molecule has 4 rings (SSSR count). The lowest BCUT2D eigenvalue weighted by Gasteiger charge is -2.24. The molecule has 1 aliphatic carbocycles. The van der Waals surface area contributed by atoms with Gasteiger partial charge in [-0.3, -0.25) is 19.7 Å². The van der Waals surface area contributed by atoms with E-state index in [4.69, 9.17) is 0 Å². The number of nitro groups is 1. The van der Waals surface area contributed by atoms with Crippen LogP contribution in [0.2, 0.25) is 0 Å². The van der Waals surface area contributed by atoms with E-state index in [-0.39, 0.29) is 29.4 Å². The summed E-state index contributed by atoms with van der Waals surface area (Å²) in [6.45, 7) is 5.32. The lowest BCUT2D eigenvalue weighted by Crippen LogP contribution is -3.13. The average molecular weight is 394 g/mol. The number of nitrogens with one attached hydrogen (secondary N) is 1. The maximum Gasteiger partial charge on any atom is 0.270 e. The van der Waals surface area contributed by atoms with Gasteiger partial charge in [0.15, 0.2) is 6.67 Å². The van der Waals surface area contributed by atoms with Crippen LogP contribution < -0.4 is 4.90 Å². The Labute approximate surface area is 169 Å². The zero-order valence-electron chi connectivity index (χ0n) is 16.6. The molecule has 1 unspecified atom stereocenters. The van der Waals surface area contributed by atoms with Gasteiger partial charge in [0, 0.05) is 30.5 Å². The first-order chi connectivity index (χ1) is 13.8. The van der Waals surface area contributed by atoms with Crippen LogP contribution in [0.3, 0.4) is 0 Å². The second kappa shape index (κ2) is 7.40. The Hall–Kier alpha value is -3.06. The molecule has 2 amide bonds. The highest BCUT2D eigenvalue weighted by atomic mass is 16.6. The largest absolute Gasteiger partial charge is 0.311 e. The van der Waals surface area contributed by atoms with Gasteiger partial charge >= 0.3 is 0 Å². The highest BCUT2D eigenvalue weighted by Crippen LogP contribution is 2.26. The van der Waals surface area contributed by atoms with Crippen LogP contribution in [-0.2, 0) is 6.54 Å². The minimum absolute atomic E-state index is 0.126. The molecule has 1 N–H and O–H groups in total. The SMILES string of the molecule is CC(C)c1ccc(C[NH+](CN2C(=O)c3ccc([N+](=O)[O-])cc3C2=O)C2CC2)cc1. The maximum absolute atomic E-state index is 12.8. The second-order valence-electron chi connectivity index (χ2n) is 8.19. The maximum atomic E-state index is 12.8. The smallest absolute Gasteiger partial charge is 0.270 e. The van der Waals surface area contributed by atoms with Crippen molar-refractivity contribution in [3.05, 3.63) is 74.8 Å². The van der Waals surface area contributed by atoms with Gasteiger partial charge in [0.25, 0.3) is 17.5 Å². The molecular formula is C22H24N3O4+.